The quantitative estimate of drug-likeness (QED) is 0.749. The van der Waals surface area contributed by atoms with Crippen LogP contribution < -0.4 is 5.32 Å². The predicted molar refractivity (Wildman–Crippen MR) is 83.5 cm³/mol. The molecule has 0 aliphatic heterocycles. The van der Waals surface area contributed by atoms with Crippen LogP contribution in [0.3, 0.4) is 0 Å². The van der Waals surface area contributed by atoms with Crippen LogP contribution in [0, 0.1) is 11.3 Å². The van der Waals surface area contributed by atoms with E-state index in [1.165, 1.54) is 18.6 Å². The smallest absolute Gasteiger partial charge is 0.271 e. The lowest BCUT2D eigenvalue weighted by Crippen LogP contribution is -2.24. The zero-order chi connectivity index (χ0) is 16.8. The van der Waals surface area contributed by atoms with Gasteiger partial charge in [-0.25, -0.2) is 9.67 Å². The molecule has 1 amide bonds. The molecule has 0 atom stereocenters. The van der Waals surface area contributed by atoms with Crippen LogP contribution >= 0.6 is 0 Å². The zero-order valence-electron chi connectivity index (χ0n) is 12.6. The van der Waals surface area contributed by atoms with Crippen molar-refractivity contribution in [2.45, 2.75) is 13.1 Å². The second kappa shape index (κ2) is 7.11. The first-order valence-electron chi connectivity index (χ1n) is 7.17. The Morgan fingerprint density at radius 2 is 2.08 bits per heavy atom. The lowest BCUT2D eigenvalue weighted by molar-refractivity contribution is 0.0945. The number of nitrogens with one attached hydrogen (secondary N) is 1. The molecule has 2 heterocycles. The van der Waals surface area contributed by atoms with E-state index in [2.05, 4.69) is 31.7 Å². The largest absolute Gasteiger partial charge is 0.345 e. The standard InChI is InChI=1S/C16H13N7O/c17-7-12-1-3-13(4-2-12)10-23-11-14(21-22-23)8-20-16(24)15-9-18-5-6-19-15/h1-6,9,11H,8,10H2,(H,20,24). The Balaban J connectivity index is 1.57. The Bertz CT molecular complexity index is 865. The van der Waals surface area contributed by atoms with E-state index >= 15 is 0 Å². The highest BCUT2D eigenvalue weighted by molar-refractivity contribution is 5.91. The summed E-state index contributed by atoms with van der Waals surface area (Å²) in [4.78, 5) is 19.7. The number of benzene rings is 1. The van der Waals surface area contributed by atoms with Crippen molar-refractivity contribution in [3.05, 3.63) is 71.6 Å². The molecule has 8 heteroatoms. The van der Waals surface area contributed by atoms with Crippen molar-refractivity contribution in [1.82, 2.24) is 30.3 Å². The fourth-order valence-corrected chi connectivity index (χ4v) is 2.05. The van der Waals surface area contributed by atoms with Crippen molar-refractivity contribution in [3.63, 3.8) is 0 Å². The molecular weight excluding hydrogens is 306 g/mol. The molecule has 8 nitrogen and oxygen atoms in total. The van der Waals surface area contributed by atoms with Crippen molar-refractivity contribution in [2.75, 3.05) is 0 Å². The van der Waals surface area contributed by atoms with Gasteiger partial charge in [-0.15, -0.1) is 5.10 Å². The van der Waals surface area contributed by atoms with Gasteiger partial charge in [0.15, 0.2) is 0 Å². The summed E-state index contributed by atoms with van der Waals surface area (Å²) >= 11 is 0. The van der Waals surface area contributed by atoms with Gasteiger partial charge in [-0.2, -0.15) is 5.26 Å². The van der Waals surface area contributed by atoms with Crippen LogP contribution in [0.4, 0.5) is 0 Å². The summed E-state index contributed by atoms with van der Waals surface area (Å²) in [6.07, 6.45) is 6.13. The predicted octanol–water partition coefficient (Wildman–Crippen LogP) is 0.918. The number of carbonyl (C=O) groups excluding carboxylic acids is 1. The van der Waals surface area contributed by atoms with E-state index < -0.39 is 0 Å². The van der Waals surface area contributed by atoms with Crippen LogP contribution in [-0.4, -0.2) is 30.9 Å². The highest BCUT2D eigenvalue weighted by Crippen LogP contribution is 2.05. The van der Waals surface area contributed by atoms with Crippen molar-refractivity contribution < 1.29 is 4.79 Å². The molecule has 0 fully saturated rings. The lowest BCUT2D eigenvalue weighted by atomic mass is 10.1. The van der Waals surface area contributed by atoms with Crippen LogP contribution in [-0.2, 0) is 13.1 Å². The second-order valence-electron chi connectivity index (χ2n) is 4.99. The molecule has 24 heavy (non-hydrogen) atoms. The third-order valence-electron chi connectivity index (χ3n) is 3.24. The number of amides is 1. The molecule has 0 saturated carbocycles. The van der Waals surface area contributed by atoms with Crippen LogP contribution in [0.2, 0.25) is 0 Å². The molecule has 0 spiro atoms. The van der Waals surface area contributed by atoms with E-state index in [0.717, 1.165) is 5.56 Å². The van der Waals surface area contributed by atoms with Crippen molar-refractivity contribution in [1.29, 1.82) is 5.26 Å². The molecule has 0 aliphatic rings. The maximum atomic E-state index is 11.9. The summed E-state index contributed by atoms with van der Waals surface area (Å²) < 4.78 is 1.67. The van der Waals surface area contributed by atoms with E-state index in [1.54, 1.807) is 23.0 Å². The van der Waals surface area contributed by atoms with Crippen LogP contribution in [0.1, 0.15) is 27.3 Å². The van der Waals surface area contributed by atoms with Crippen LogP contribution in [0.25, 0.3) is 0 Å². The van der Waals surface area contributed by atoms with E-state index in [4.69, 9.17) is 5.26 Å². The van der Waals surface area contributed by atoms with Gasteiger partial charge in [-0.05, 0) is 17.7 Å². The van der Waals surface area contributed by atoms with Crippen LogP contribution in [0.15, 0.2) is 49.1 Å². The third kappa shape index (κ3) is 3.78. The van der Waals surface area contributed by atoms with Gasteiger partial charge >= 0.3 is 0 Å². The second-order valence-corrected chi connectivity index (χ2v) is 4.99. The summed E-state index contributed by atoms with van der Waals surface area (Å²) in [6, 6.07) is 9.34. The molecule has 0 aliphatic carbocycles. The van der Waals surface area contributed by atoms with Gasteiger partial charge in [-0.3, -0.25) is 9.78 Å². The summed E-state index contributed by atoms with van der Waals surface area (Å²) in [7, 11) is 0. The highest BCUT2D eigenvalue weighted by Gasteiger charge is 2.08. The van der Waals surface area contributed by atoms with E-state index in [1.807, 2.05) is 12.1 Å². The van der Waals surface area contributed by atoms with E-state index in [0.29, 0.717) is 17.8 Å². The first kappa shape index (κ1) is 15.3. The van der Waals surface area contributed by atoms with Gasteiger partial charge in [0.05, 0.1) is 37.1 Å². The fourth-order valence-electron chi connectivity index (χ4n) is 2.05. The zero-order valence-corrected chi connectivity index (χ0v) is 12.6. The topological polar surface area (TPSA) is 109 Å². The molecule has 118 valence electrons. The van der Waals surface area contributed by atoms with Gasteiger partial charge in [0.2, 0.25) is 0 Å². The minimum absolute atomic E-state index is 0.252. The Labute approximate surface area is 137 Å². The Morgan fingerprint density at radius 1 is 1.25 bits per heavy atom. The first-order chi connectivity index (χ1) is 11.7. The molecule has 0 saturated heterocycles. The number of carbonyl (C=O) groups is 1. The summed E-state index contributed by atoms with van der Waals surface area (Å²) in [5.74, 6) is -0.315. The SMILES string of the molecule is N#Cc1ccc(Cn2cc(CNC(=O)c3cnccn3)nn2)cc1. The average Bonchev–Trinajstić information content (AvgIpc) is 3.08. The number of aromatic nitrogens is 5. The van der Waals surface area contributed by atoms with Gasteiger partial charge < -0.3 is 5.32 Å². The maximum Gasteiger partial charge on any atom is 0.271 e. The van der Waals surface area contributed by atoms with Gasteiger partial charge in [0.1, 0.15) is 11.4 Å². The summed E-state index contributed by atoms with van der Waals surface area (Å²) in [5, 5.41) is 19.6. The Hall–Kier alpha value is -3.60. The molecule has 1 aromatic carbocycles. The molecule has 0 radical (unpaired) electrons. The molecule has 3 aromatic rings. The van der Waals surface area contributed by atoms with Gasteiger partial charge in [0, 0.05) is 12.4 Å². The Morgan fingerprint density at radius 3 is 2.79 bits per heavy atom. The summed E-state index contributed by atoms with van der Waals surface area (Å²) in [5.41, 5.74) is 2.52. The monoisotopic (exact) mass is 319 g/mol. The van der Waals surface area contributed by atoms with Crippen LogP contribution in [0.5, 0.6) is 0 Å². The Kier molecular flexibility index (Phi) is 4.53. The normalized spacial score (nSPS) is 10.1. The highest BCUT2D eigenvalue weighted by atomic mass is 16.1. The lowest BCUT2D eigenvalue weighted by Gasteiger charge is -2.01. The first-order valence-corrected chi connectivity index (χ1v) is 7.17. The maximum absolute atomic E-state index is 11.9. The third-order valence-corrected chi connectivity index (χ3v) is 3.24. The number of nitriles is 1. The van der Waals surface area contributed by atoms with Gasteiger partial charge in [-0.1, -0.05) is 17.3 Å². The molecule has 0 bridgehead atoms. The van der Waals surface area contributed by atoms with Gasteiger partial charge in [0.25, 0.3) is 5.91 Å². The van der Waals surface area contributed by atoms with E-state index in [9.17, 15) is 4.79 Å². The molecular formula is C16H13N7O. The number of nitrogens with zero attached hydrogens (tertiary/aromatic N) is 6. The average molecular weight is 319 g/mol. The van der Waals surface area contributed by atoms with Crippen molar-refractivity contribution in [2.24, 2.45) is 0 Å². The number of rotatable bonds is 5. The minimum atomic E-state index is -0.315. The van der Waals surface area contributed by atoms with Crippen molar-refractivity contribution in [3.8, 4) is 6.07 Å². The molecule has 1 N–H and O–H groups in total. The van der Waals surface area contributed by atoms with E-state index in [-0.39, 0.29) is 18.1 Å². The molecule has 0 unspecified atom stereocenters. The number of hydrogen-bond acceptors (Lipinski definition) is 6. The summed E-state index contributed by atoms with van der Waals surface area (Å²) in [6.45, 7) is 0.791. The molecule has 3 rings (SSSR count). The fraction of sp³-hybridized carbons (Fsp3) is 0.125. The van der Waals surface area contributed by atoms with Crippen molar-refractivity contribution >= 4 is 5.91 Å². The minimum Gasteiger partial charge on any atom is -0.345 e. The molecule has 2 aromatic heterocycles. The number of hydrogen-bond donors (Lipinski definition) is 1.